The Morgan fingerprint density at radius 3 is 2.63 bits per heavy atom. The molecule has 0 spiro atoms. The van der Waals surface area contributed by atoms with Gasteiger partial charge in [0.1, 0.15) is 5.82 Å². The predicted molar refractivity (Wildman–Crippen MR) is 71.8 cm³/mol. The first-order chi connectivity index (χ1) is 8.85. The Morgan fingerprint density at radius 1 is 1.42 bits per heavy atom. The van der Waals surface area contributed by atoms with Crippen LogP contribution in [-0.2, 0) is 4.74 Å². The van der Waals surface area contributed by atoms with E-state index in [1.54, 1.807) is 0 Å². The molecule has 4 heteroatoms. The van der Waals surface area contributed by atoms with E-state index in [9.17, 15) is 9.18 Å². The number of carbonyl (C=O) groups is 1. The molecule has 1 aromatic rings. The third kappa shape index (κ3) is 3.85. The van der Waals surface area contributed by atoms with Gasteiger partial charge in [-0.3, -0.25) is 9.69 Å². The van der Waals surface area contributed by atoms with E-state index in [0.29, 0.717) is 12.1 Å². The van der Waals surface area contributed by atoms with E-state index in [0.717, 1.165) is 13.1 Å². The van der Waals surface area contributed by atoms with Crippen LogP contribution in [0, 0.1) is 5.82 Å². The number of hydrogen-bond donors (Lipinski definition) is 0. The number of ether oxygens (including phenoxy) is 1. The lowest BCUT2D eigenvalue weighted by Gasteiger charge is -2.41. The first-order valence-electron chi connectivity index (χ1n) is 6.55. The van der Waals surface area contributed by atoms with Gasteiger partial charge in [0.05, 0.1) is 18.2 Å². The van der Waals surface area contributed by atoms with E-state index in [1.807, 2.05) is 20.8 Å². The lowest BCUT2D eigenvalue weighted by atomic mass is 10.0. The summed E-state index contributed by atoms with van der Waals surface area (Å²) in [4.78, 5) is 14.2. The second kappa shape index (κ2) is 5.39. The predicted octanol–water partition coefficient (Wildman–Crippen LogP) is 2.51. The molecule has 1 fully saturated rings. The van der Waals surface area contributed by atoms with Crippen molar-refractivity contribution in [1.82, 2.24) is 4.90 Å². The Labute approximate surface area is 113 Å². The van der Waals surface area contributed by atoms with Crippen molar-refractivity contribution in [2.45, 2.75) is 32.5 Å². The first-order valence-corrected chi connectivity index (χ1v) is 6.55. The van der Waals surface area contributed by atoms with Gasteiger partial charge < -0.3 is 4.74 Å². The van der Waals surface area contributed by atoms with E-state index in [2.05, 4.69) is 4.90 Å². The fourth-order valence-corrected chi connectivity index (χ4v) is 2.64. The van der Waals surface area contributed by atoms with Crippen LogP contribution in [0.3, 0.4) is 0 Å². The number of Topliss-reactive ketones (excluding diaryl/α,β-unsaturated/α-hetero) is 1. The summed E-state index contributed by atoms with van der Waals surface area (Å²) in [5, 5.41) is 0. The molecule has 2 rings (SSSR count). The van der Waals surface area contributed by atoms with Gasteiger partial charge >= 0.3 is 0 Å². The summed E-state index contributed by atoms with van der Waals surface area (Å²) in [5.74, 6) is -0.303. The molecule has 0 amide bonds. The molecule has 1 aromatic carbocycles. The topological polar surface area (TPSA) is 29.5 Å². The Morgan fingerprint density at radius 2 is 2.05 bits per heavy atom. The molecule has 3 nitrogen and oxygen atoms in total. The second-order valence-corrected chi connectivity index (χ2v) is 5.79. The molecular formula is C15H20FNO2. The molecule has 1 heterocycles. The molecule has 1 atom stereocenters. The SMILES string of the molecule is CC1CN(CC(=O)c2ccc(F)cc2)CC(C)(C)O1. The maximum Gasteiger partial charge on any atom is 0.176 e. The molecule has 0 aromatic heterocycles. The third-order valence-corrected chi connectivity index (χ3v) is 3.17. The number of hydrogen-bond acceptors (Lipinski definition) is 3. The van der Waals surface area contributed by atoms with E-state index in [4.69, 9.17) is 4.74 Å². The molecule has 0 radical (unpaired) electrons. The van der Waals surface area contributed by atoms with Crippen LogP contribution in [0.2, 0.25) is 0 Å². The summed E-state index contributed by atoms with van der Waals surface area (Å²) < 4.78 is 18.6. The average molecular weight is 265 g/mol. The van der Waals surface area contributed by atoms with Crippen molar-refractivity contribution in [3.8, 4) is 0 Å². The van der Waals surface area contributed by atoms with Crippen LogP contribution in [0.1, 0.15) is 31.1 Å². The zero-order chi connectivity index (χ0) is 14.0. The summed E-state index contributed by atoms with van der Waals surface area (Å²) in [5.41, 5.74) is 0.319. The van der Waals surface area contributed by atoms with Crippen LogP contribution in [0.15, 0.2) is 24.3 Å². The van der Waals surface area contributed by atoms with Gasteiger partial charge in [-0.15, -0.1) is 0 Å². The summed E-state index contributed by atoms with van der Waals surface area (Å²) in [7, 11) is 0. The standard InChI is InChI=1S/C15H20FNO2/c1-11-8-17(10-15(2,3)19-11)9-14(18)12-4-6-13(16)7-5-12/h4-7,11H,8-10H2,1-3H3. The zero-order valence-electron chi connectivity index (χ0n) is 11.6. The molecule has 1 aliphatic rings. The number of carbonyl (C=O) groups excluding carboxylic acids is 1. The minimum absolute atomic E-state index is 0.0184. The summed E-state index contributed by atoms with van der Waals surface area (Å²) in [6.07, 6.45) is 0.116. The molecule has 19 heavy (non-hydrogen) atoms. The molecule has 104 valence electrons. The lowest BCUT2D eigenvalue weighted by Crippen LogP contribution is -2.53. The van der Waals surface area contributed by atoms with Crippen molar-refractivity contribution in [1.29, 1.82) is 0 Å². The van der Waals surface area contributed by atoms with Crippen molar-refractivity contribution in [2.24, 2.45) is 0 Å². The fourth-order valence-electron chi connectivity index (χ4n) is 2.64. The number of benzene rings is 1. The highest BCUT2D eigenvalue weighted by atomic mass is 19.1. The van der Waals surface area contributed by atoms with E-state index in [1.165, 1.54) is 24.3 Å². The molecule has 1 aliphatic heterocycles. The lowest BCUT2D eigenvalue weighted by molar-refractivity contribution is -0.126. The molecule has 1 unspecified atom stereocenters. The normalized spacial score (nSPS) is 23.3. The molecule has 0 saturated carbocycles. The Kier molecular flexibility index (Phi) is 4.02. The highest BCUT2D eigenvalue weighted by Gasteiger charge is 2.32. The van der Waals surface area contributed by atoms with Gasteiger partial charge in [-0.25, -0.2) is 4.39 Å². The van der Waals surface area contributed by atoms with Crippen LogP contribution in [0.25, 0.3) is 0 Å². The number of halogens is 1. The fraction of sp³-hybridized carbons (Fsp3) is 0.533. The van der Waals surface area contributed by atoms with Crippen LogP contribution < -0.4 is 0 Å². The Bertz CT molecular complexity index is 456. The summed E-state index contributed by atoms with van der Waals surface area (Å²) in [6, 6.07) is 5.71. The highest BCUT2D eigenvalue weighted by molar-refractivity contribution is 5.97. The average Bonchev–Trinajstić information content (AvgIpc) is 2.26. The van der Waals surface area contributed by atoms with Gasteiger partial charge in [0.15, 0.2) is 5.78 Å². The van der Waals surface area contributed by atoms with Crippen molar-refractivity contribution < 1.29 is 13.9 Å². The van der Waals surface area contributed by atoms with Gasteiger partial charge in [0.2, 0.25) is 0 Å². The quantitative estimate of drug-likeness (QED) is 0.786. The largest absolute Gasteiger partial charge is 0.370 e. The van der Waals surface area contributed by atoms with Gasteiger partial charge in [0.25, 0.3) is 0 Å². The molecule has 1 saturated heterocycles. The Hall–Kier alpha value is -1.26. The van der Waals surface area contributed by atoms with Gasteiger partial charge in [-0.05, 0) is 45.0 Å². The van der Waals surface area contributed by atoms with Crippen LogP contribution in [0.4, 0.5) is 4.39 Å². The maximum atomic E-state index is 12.8. The van der Waals surface area contributed by atoms with Crippen LogP contribution in [0.5, 0.6) is 0 Å². The van der Waals surface area contributed by atoms with Gasteiger partial charge in [-0.1, -0.05) is 0 Å². The molecule has 0 N–H and O–H groups in total. The maximum absolute atomic E-state index is 12.8. The van der Waals surface area contributed by atoms with Crippen LogP contribution in [-0.4, -0.2) is 42.0 Å². The number of morpholine rings is 1. The second-order valence-electron chi connectivity index (χ2n) is 5.79. The monoisotopic (exact) mass is 265 g/mol. The smallest absolute Gasteiger partial charge is 0.176 e. The molecular weight excluding hydrogens is 245 g/mol. The van der Waals surface area contributed by atoms with Crippen molar-refractivity contribution in [2.75, 3.05) is 19.6 Å². The summed E-state index contributed by atoms with van der Waals surface area (Å²) in [6.45, 7) is 7.88. The van der Waals surface area contributed by atoms with Crippen molar-refractivity contribution >= 4 is 5.78 Å². The number of ketones is 1. The van der Waals surface area contributed by atoms with Gasteiger partial charge in [0, 0.05) is 18.7 Å². The van der Waals surface area contributed by atoms with Gasteiger partial charge in [-0.2, -0.15) is 0 Å². The van der Waals surface area contributed by atoms with Crippen LogP contribution >= 0.6 is 0 Å². The molecule has 0 bridgehead atoms. The van der Waals surface area contributed by atoms with E-state index in [-0.39, 0.29) is 23.3 Å². The molecule has 0 aliphatic carbocycles. The minimum atomic E-state index is -0.322. The highest BCUT2D eigenvalue weighted by Crippen LogP contribution is 2.20. The third-order valence-electron chi connectivity index (χ3n) is 3.17. The van der Waals surface area contributed by atoms with Crippen molar-refractivity contribution in [3.63, 3.8) is 0 Å². The van der Waals surface area contributed by atoms with Crippen molar-refractivity contribution in [3.05, 3.63) is 35.6 Å². The van der Waals surface area contributed by atoms with E-state index < -0.39 is 0 Å². The summed E-state index contributed by atoms with van der Waals surface area (Å²) >= 11 is 0. The number of nitrogens with zero attached hydrogens (tertiary/aromatic N) is 1. The minimum Gasteiger partial charge on any atom is -0.370 e. The first kappa shape index (κ1) is 14.2. The Balaban J connectivity index is 2.00. The zero-order valence-corrected chi connectivity index (χ0v) is 11.6. The van der Waals surface area contributed by atoms with E-state index >= 15 is 0 Å². The number of rotatable bonds is 3.